The van der Waals surface area contributed by atoms with Crippen molar-refractivity contribution in [1.82, 2.24) is 0 Å². The molecule has 10 heteroatoms. The van der Waals surface area contributed by atoms with Gasteiger partial charge in [0.2, 0.25) is 0 Å². The fourth-order valence-corrected chi connectivity index (χ4v) is 1.55. The molecule has 0 aromatic rings. The van der Waals surface area contributed by atoms with Crippen LogP contribution in [0.15, 0.2) is 11.1 Å². The molecule has 0 spiro atoms. The largest absolute Gasteiger partial charge is 0.545 e. The smallest absolute Gasteiger partial charge is 0.404 e. The molecule has 4 nitrogen and oxygen atoms in total. The highest BCUT2D eigenvalue weighted by Crippen LogP contribution is 2.45. The lowest BCUT2D eigenvalue weighted by atomic mass is 9.87. The topological polar surface area (TPSA) is 80.3 Å². The van der Waals surface area contributed by atoms with Crippen LogP contribution in [0.3, 0.4) is 0 Å². The maximum atomic E-state index is 12.5. The third-order valence-corrected chi connectivity index (χ3v) is 2.25. The number of carboxylic acid groups (broad SMARTS) is 2. The van der Waals surface area contributed by atoms with Crippen molar-refractivity contribution in [2.24, 2.45) is 11.8 Å². The van der Waals surface area contributed by atoms with Crippen molar-refractivity contribution in [3.63, 3.8) is 0 Å². The molecule has 0 amide bonds. The number of hydrogen-bond donors (Lipinski definition) is 0. The Morgan fingerprint density at radius 2 is 1.10 bits per heavy atom. The van der Waals surface area contributed by atoms with Crippen LogP contribution in [-0.4, -0.2) is 24.3 Å². The van der Waals surface area contributed by atoms with Crippen molar-refractivity contribution >= 4 is 11.9 Å². The summed E-state index contributed by atoms with van der Waals surface area (Å²) in [5, 5.41) is 21.3. The molecule has 0 saturated heterocycles. The van der Waals surface area contributed by atoms with Crippen molar-refractivity contribution in [1.29, 1.82) is 0 Å². The van der Waals surface area contributed by atoms with Crippen LogP contribution in [0.1, 0.15) is 13.8 Å². The van der Waals surface area contributed by atoms with Gasteiger partial charge < -0.3 is 19.8 Å². The summed E-state index contributed by atoms with van der Waals surface area (Å²) in [7, 11) is 0. The lowest BCUT2D eigenvalue weighted by Crippen LogP contribution is -2.46. The molecule has 20 heavy (non-hydrogen) atoms. The third-order valence-electron chi connectivity index (χ3n) is 2.25. The summed E-state index contributed by atoms with van der Waals surface area (Å²) in [6.07, 6.45) is -12.1. The van der Waals surface area contributed by atoms with Gasteiger partial charge in [0.15, 0.2) is 5.92 Å². The van der Waals surface area contributed by atoms with E-state index in [1.165, 1.54) is 0 Å². The van der Waals surface area contributed by atoms with E-state index >= 15 is 0 Å². The minimum absolute atomic E-state index is 0.915. The summed E-state index contributed by atoms with van der Waals surface area (Å²) in [4.78, 5) is 21.3. The highest BCUT2D eigenvalue weighted by atomic mass is 19.4. The van der Waals surface area contributed by atoms with E-state index in [2.05, 4.69) is 0 Å². The second-order valence-electron chi connectivity index (χ2n) is 4.07. The number of carbonyl (C=O) groups excluding carboxylic acids is 2. The number of halogens is 6. The molecule has 0 N–H and O–H groups in total. The zero-order valence-electron chi connectivity index (χ0n) is 10.1. The first-order chi connectivity index (χ1) is 8.71. The molecule has 0 heterocycles. The zero-order valence-corrected chi connectivity index (χ0v) is 10.1. The van der Waals surface area contributed by atoms with Crippen molar-refractivity contribution in [3.05, 3.63) is 11.1 Å². The Hall–Kier alpha value is -1.74. The van der Waals surface area contributed by atoms with E-state index in [1.807, 2.05) is 0 Å². The van der Waals surface area contributed by atoms with Gasteiger partial charge >= 0.3 is 12.4 Å². The van der Waals surface area contributed by atoms with Crippen LogP contribution in [0.4, 0.5) is 26.3 Å². The zero-order chi connectivity index (χ0) is 16.5. The number of rotatable bonds is 4. The summed E-state index contributed by atoms with van der Waals surface area (Å²) in [5.74, 6) is -11.2. The molecule has 0 unspecified atom stereocenters. The van der Waals surface area contributed by atoms with Gasteiger partial charge in [-0.1, -0.05) is 13.8 Å². The van der Waals surface area contributed by atoms with Crippen LogP contribution >= 0.6 is 0 Å². The average molecular weight is 306 g/mol. The maximum Gasteiger partial charge on any atom is 0.404 e. The van der Waals surface area contributed by atoms with Gasteiger partial charge in [-0.2, -0.15) is 26.3 Å². The van der Waals surface area contributed by atoms with Crippen LogP contribution in [0.25, 0.3) is 0 Å². The fraction of sp³-hybridized carbons (Fsp3) is 0.600. The highest BCUT2D eigenvalue weighted by molar-refractivity contribution is 5.98. The van der Waals surface area contributed by atoms with Crippen LogP contribution in [0.2, 0.25) is 0 Å². The molecule has 0 aliphatic rings. The van der Waals surface area contributed by atoms with Crippen molar-refractivity contribution in [2.75, 3.05) is 0 Å². The number of aliphatic carboxylic acids is 2. The number of carbonyl (C=O) groups is 2. The number of alkyl halides is 6. The number of carboxylic acids is 2. The molecule has 0 bridgehead atoms. The predicted molar refractivity (Wildman–Crippen MR) is 47.5 cm³/mol. The van der Waals surface area contributed by atoms with Gasteiger partial charge in [-0.3, -0.25) is 0 Å². The molecule has 0 fully saturated rings. The van der Waals surface area contributed by atoms with Crippen LogP contribution < -0.4 is 10.2 Å². The molecule has 0 atom stereocenters. The molecular formula is C10H8F6O4-2. The van der Waals surface area contributed by atoms with Crippen molar-refractivity contribution < 1.29 is 46.1 Å². The molecule has 0 aliphatic heterocycles. The Labute approximate surface area is 108 Å². The van der Waals surface area contributed by atoms with Gasteiger partial charge in [0.25, 0.3) is 0 Å². The molecule has 0 saturated carbocycles. The van der Waals surface area contributed by atoms with Gasteiger partial charge in [-0.25, -0.2) is 0 Å². The van der Waals surface area contributed by atoms with Gasteiger partial charge in [0.1, 0.15) is 0 Å². The molecule has 116 valence electrons. The summed E-state index contributed by atoms with van der Waals surface area (Å²) >= 11 is 0. The van der Waals surface area contributed by atoms with E-state index in [0.29, 0.717) is 0 Å². The van der Waals surface area contributed by atoms with Crippen molar-refractivity contribution in [2.45, 2.75) is 26.2 Å². The molecule has 0 radical (unpaired) electrons. The minimum atomic E-state index is -6.04. The highest BCUT2D eigenvalue weighted by Gasteiger charge is 2.59. The van der Waals surface area contributed by atoms with E-state index < -0.39 is 47.3 Å². The van der Waals surface area contributed by atoms with E-state index in [4.69, 9.17) is 0 Å². The molecule has 0 aliphatic carbocycles. The van der Waals surface area contributed by atoms with E-state index in [0.717, 1.165) is 13.8 Å². The lowest BCUT2D eigenvalue weighted by Gasteiger charge is -2.30. The Balaban J connectivity index is 6.48. The van der Waals surface area contributed by atoms with Gasteiger partial charge in [-0.15, -0.1) is 0 Å². The first-order valence-corrected chi connectivity index (χ1v) is 5.01. The second-order valence-corrected chi connectivity index (χ2v) is 4.07. The molecule has 0 aromatic carbocycles. The standard InChI is InChI=1S/C10H10F6O4/c1-3(2)4(7(17)18)5(8(19)20)6(9(11,12)13)10(14,15)16/h3,6H,1-2H3,(H,17,18)(H,19,20)/p-2/b5-4+. The lowest BCUT2D eigenvalue weighted by molar-refractivity contribution is -0.314. The van der Waals surface area contributed by atoms with Gasteiger partial charge in [0.05, 0.1) is 11.9 Å². The number of hydrogen-bond acceptors (Lipinski definition) is 4. The SMILES string of the molecule is CC(C)/C(C(=O)[O-])=C(\C(=O)[O-])C(C(F)(F)F)C(F)(F)F. The van der Waals surface area contributed by atoms with Gasteiger partial charge in [0, 0.05) is 5.57 Å². The van der Waals surface area contributed by atoms with Crippen LogP contribution in [-0.2, 0) is 9.59 Å². The first kappa shape index (κ1) is 18.3. The summed E-state index contributed by atoms with van der Waals surface area (Å²) in [5.41, 5.74) is -4.00. The van der Waals surface area contributed by atoms with Crippen LogP contribution in [0, 0.1) is 11.8 Å². The third kappa shape index (κ3) is 4.14. The van der Waals surface area contributed by atoms with E-state index in [1.54, 1.807) is 0 Å². The Morgan fingerprint density at radius 3 is 1.25 bits per heavy atom. The Bertz CT molecular complexity index is 418. The quantitative estimate of drug-likeness (QED) is 0.548. The average Bonchev–Trinajstić information content (AvgIpc) is 2.10. The van der Waals surface area contributed by atoms with Crippen LogP contribution in [0.5, 0.6) is 0 Å². The Morgan fingerprint density at radius 1 is 0.800 bits per heavy atom. The van der Waals surface area contributed by atoms with Gasteiger partial charge in [-0.05, 0) is 11.5 Å². The molecule has 0 aromatic heterocycles. The van der Waals surface area contributed by atoms with E-state index in [9.17, 15) is 46.1 Å². The monoisotopic (exact) mass is 306 g/mol. The minimum Gasteiger partial charge on any atom is -0.545 e. The summed E-state index contributed by atoms with van der Waals surface area (Å²) in [6.45, 7) is 1.83. The van der Waals surface area contributed by atoms with Crippen molar-refractivity contribution in [3.8, 4) is 0 Å². The first-order valence-electron chi connectivity index (χ1n) is 5.01. The van der Waals surface area contributed by atoms with E-state index in [-0.39, 0.29) is 0 Å². The maximum absolute atomic E-state index is 12.5. The second kappa shape index (κ2) is 5.71. The summed E-state index contributed by atoms with van der Waals surface area (Å²) in [6, 6.07) is 0. The molecule has 0 rings (SSSR count). The normalized spacial score (nSPS) is 14.5. The Kier molecular flexibility index (Phi) is 5.22. The predicted octanol–water partition coefficient (Wildman–Crippen LogP) is 0.180. The molecular weight excluding hydrogens is 298 g/mol. The fourth-order valence-electron chi connectivity index (χ4n) is 1.55. The summed E-state index contributed by atoms with van der Waals surface area (Å²) < 4.78 is 74.7.